The van der Waals surface area contributed by atoms with Crippen molar-refractivity contribution in [2.24, 2.45) is 0 Å². The average molecular weight is 343 g/mol. The van der Waals surface area contributed by atoms with Crippen molar-refractivity contribution in [3.8, 4) is 0 Å². The molecule has 0 atom stereocenters. The highest BCUT2D eigenvalue weighted by atomic mass is 79.9. The van der Waals surface area contributed by atoms with Crippen LogP contribution in [-0.2, 0) is 10.5 Å². The van der Waals surface area contributed by atoms with E-state index in [4.69, 9.17) is 4.74 Å². The lowest BCUT2D eigenvalue weighted by Crippen LogP contribution is -2.08. The molecule has 0 radical (unpaired) electrons. The van der Waals surface area contributed by atoms with Gasteiger partial charge in [0.15, 0.2) is 0 Å². The summed E-state index contributed by atoms with van der Waals surface area (Å²) in [5.41, 5.74) is 1.85. The summed E-state index contributed by atoms with van der Waals surface area (Å²) in [5, 5.41) is 0.806. The number of thioether (sulfide) groups is 1. The minimum atomic E-state index is -0.285. The van der Waals surface area contributed by atoms with Crippen molar-refractivity contribution in [1.29, 1.82) is 0 Å². The molecule has 104 valence electrons. The first-order chi connectivity index (χ1) is 9.20. The van der Waals surface area contributed by atoms with E-state index in [0.29, 0.717) is 5.56 Å². The van der Waals surface area contributed by atoms with Gasteiger partial charge in [0.25, 0.3) is 0 Å². The van der Waals surface area contributed by atoms with Crippen LogP contribution in [0.2, 0.25) is 0 Å². The van der Waals surface area contributed by atoms with E-state index < -0.39 is 0 Å². The lowest BCUT2D eigenvalue weighted by molar-refractivity contribution is 0.0600. The van der Waals surface area contributed by atoms with E-state index in [1.165, 1.54) is 44.8 Å². The van der Waals surface area contributed by atoms with Gasteiger partial charge in [0.2, 0.25) is 0 Å². The topological polar surface area (TPSA) is 26.3 Å². The molecule has 0 spiro atoms. The summed E-state index contributed by atoms with van der Waals surface area (Å²) < 4.78 is 5.72. The Bertz CT molecular complexity index is 442. The Hall–Kier alpha value is -0.480. The summed E-state index contributed by atoms with van der Waals surface area (Å²) in [6.07, 6.45) is 6.85. The van der Waals surface area contributed by atoms with E-state index in [1.807, 2.05) is 30.0 Å². The second kappa shape index (κ2) is 7.34. The third-order valence-electron chi connectivity index (χ3n) is 3.50. The van der Waals surface area contributed by atoms with Crippen molar-refractivity contribution in [2.75, 3.05) is 7.11 Å². The minimum absolute atomic E-state index is 0.285. The Labute approximate surface area is 127 Å². The summed E-state index contributed by atoms with van der Waals surface area (Å²) >= 11 is 5.59. The van der Waals surface area contributed by atoms with Crippen LogP contribution in [-0.4, -0.2) is 18.3 Å². The van der Waals surface area contributed by atoms with Crippen molar-refractivity contribution in [1.82, 2.24) is 0 Å². The van der Waals surface area contributed by atoms with Crippen molar-refractivity contribution < 1.29 is 9.53 Å². The van der Waals surface area contributed by atoms with Crippen LogP contribution in [0, 0.1) is 0 Å². The van der Waals surface area contributed by atoms with Gasteiger partial charge in [-0.3, -0.25) is 0 Å². The zero-order valence-electron chi connectivity index (χ0n) is 11.2. The molecule has 0 unspecified atom stereocenters. The highest BCUT2D eigenvalue weighted by Crippen LogP contribution is 2.32. The number of carbonyl (C=O) groups is 1. The number of rotatable bonds is 4. The molecule has 1 aromatic carbocycles. The van der Waals surface area contributed by atoms with Gasteiger partial charge in [0, 0.05) is 15.5 Å². The summed E-state index contributed by atoms with van der Waals surface area (Å²) in [7, 11) is 1.41. The fraction of sp³-hybridized carbons (Fsp3) is 0.533. The maximum Gasteiger partial charge on any atom is 0.337 e. The van der Waals surface area contributed by atoms with Crippen molar-refractivity contribution in [3.63, 3.8) is 0 Å². The number of halogens is 1. The van der Waals surface area contributed by atoms with Crippen LogP contribution in [0.4, 0.5) is 0 Å². The van der Waals surface area contributed by atoms with Gasteiger partial charge in [-0.1, -0.05) is 41.3 Å². The fourth-order valence-corrected chi connectivity index (χ4v) is 4.39. The van der Waals surface area contributed by atoms with E-state index >= 15 is 0 Å². The Balaban J connectivity index is 1.95. The zero-order chi connectivity index (χ0) is 13.7. The van der Waals surface area contributed by atoms with Crippen LogP contribution in [0.5, 0.6) is 0 Å². The molecule has 0 amide bonds. The molecule has 1 aromatic rings. The zero-order valence-corrected chi connectivity index (χ0v) is 13.6. The first-order valence-electron chi connectivity index (χ1n) is 6.69. The lowest BCUT2D eigenvalue weighted by Gasteiger charge is -2.21. The maximum atomic E-state index is 11.4. The van der Waals surface area contributed by atoms with Gasteiger partial charge in [0.1, 0.15) is 0 Å². The number of carbonyl (C=O) groups excluding carboxylic acids is 1. The Kier molecular flexibility index (Phi) is 5.76. The van der Waals surface area contributed by atoms with E-state index in [0.717, 1.165) is 15.5 Å². The van der Waals surface area contributed by atoms with Gasteiger partial charge < -0.3 is 4.74 Å². The van der Waals surface area contributed by atoms with E-state index in [9.17, 15) is 4.79 Å². The number of esters is 1. The molecule has 1 fully saturated rings. The van der Waals surface area contributed by atoms with Gasteiger partial charge in [-0.05, 0) is 30.5 Å². The van der Waals surface area contributed by atoms with Gasteiger partial charge in [0.05, 0.1) is 12.7 Å². The highest BCUT2D eigenvalue weighted by molar-refractivity contribution is 9.10. The quantitative estimate of drug-likeness (QED) is 0.735. The van der Waals surface area contributed by atoms with E-state index in [1.54, 1.807) is 0 Å². The third kappa shape index (κ3) is 4.25. The van der Waals surface area contributed by atoms with Crippen molar-refractivity contribution >= 4 is 33.7 Å². The minimum Gasteiger partial charge on any atom is -0.465 e. The van der Waals surface area contributed by atoms with Crippen LogP contribution in [0.25, 0.3) is 0 Å². The number of hydrogen-bond donors (Lipinski definition) is 0. The molecule has 0 aliphatic heterocycles. The van der Waals surface area contributed by atoms with Crippen LogP contribution in [0.3, 0.4) is 0 Å². The number of benzene rings is 1. The first kappa shape index (κ1) is 14.9. The molecule has 2 rings (SSSR count). The molecule has 1 aliphatic carbocycles. The molecule has 0 bridgehead atoms. The largest absolute Gasteiger partial charge is 0.465 e. The molecule has 1 aliphatic rings. The highest BCUT2D eigenvalue weighted by Gasteiger charge is 2.15. The molecule has 0 saturated heterocycles. The van der Waals surface area contributed by atoms with Gasteiger partial charge in [-0.2, -0.15) is 11.8 Å². The molecule has 4 heteroatoms. The second-order valence-corrected chi connectivity index (χ2v) is 7.01. The Morgan fingerprint density at radius 3 is 2.74 bits per heavy atom. The first-order valence-corrected chi connectivity index (χ1v) is 8.53. The predicted molar refractivity (Wildman–Crippen MR) is 83.6 cm³/mol. The van der Waals surface area contributed by atoms with Crippen LogP contribution >= 0.6 is 27.7 Å². The molecule has 19 heavy (non-hydrogen) atoms. The molecule has 1 saturated carbocycles. The normalized spacial score (nSPS) is 16.3. The molecular formula is C15H19BrO2S. The maximum absolute atomic E-state index is 11.4. The summed E-state index contributed by atoms with van der Waals surface area (Å²) in [5.74, 6) is 0.722. The molecular weight excluding hydrogens is 324 g/mol. The summed E-state index contributed by atoms with van der Waals surface area (Å²) in [6.45, 7) is 0. The number of ether oxygens (including phenoxy) is 1. The van der Waals surface area contributed by atoms with Crippen LogP contribution < -0.4 is 0 Å². The number of methoxy groups -OCH3 is 1. The van der Waals surface area contributed by atoms with Crippen molar-refractivity contribution in [2.45, 2.75) is 43.1 Å². The molecule has 0 N–H and O–H groups in total. The van der Waals surface area contributed by atoms with E-state index in [-0.39, 0.29) is 5.97 Å². The summed E-state index contributed by atoms with van der Waals surface area (Å²) in [6, 6.07) is 5.71. The average Bonchev–Trinajstić information content (AvgIpc) is 2.46. The second-order valence-electron chi connectivity index (χ2n) is 4.87. The molecule has 0 aromatic heterocycles. The lowest BCUT2D eigenvalue weighted by atomic mass is 10.0. The number of hydrogen-bond acceptors (Lipinski definition) is 3. The smallest absolute Gasteiger partial charge is 0.337 e. The SMILES string of the molecule is COC(=O)c1ccc(CSC2CCCCC2)c(Br)c1. The van der Waals surface area contributed by atoms with Crippen LogP contribution in [0.1, 0.15) is 48.0 Å². The van der Waals surface area contributed by atoms with Gasteiger partial charge in [-0.15, -0.1) is 0 Å². The van der Waals surface area contributed by atoms with Crippen molar-refractivity contribution in [3.05, 3.63) is 33.8 Å². The standard InChI is InChI=1S/C15H19BrO2S/c1-18-15(17)11-7-8-12(14(16)9-11)10-19-13-5-3-2-4-6-13/h7-9,13H,2-6,10H2,1H3. The van der Waals surface area contributed by atoms with Gasteiger partial charge in [-0.25, -0.2) is 4.79 Å². The summed E-state index contributed by atoms with van der Waals surface area (Å²) in [4.78, 5) is 11.4. The van der Waals surface area contributed by atoms with Gasteiger partial charge >= 0.3 is 5.97 Å². The Morgan fingerprint density at radius 2 is 2.11 bits per heavy atom. The molecule has 0 heterocycles. The predicted octanol–water partition coefficient (Wildman–Crippen LogP) is 4.80. The third-order valence-corrected chi connectivity index (χ3v) is 5.66. The van der Waals surface area contributed by atoms with E-state index in [2.05, 4.69) is 15.9 Å². The Morgan fingerprint density at radius 1 is 1.37 bits per heavy atom. The monoisotopic (exact) mass is 342 g/mol. The molecule has 2 nitrogen and oxygen atoms in total. The van der Waals surface area contributed by atoms with Crippen LogP contribution in [0.15, 0.2) is 22.7 Å². The fourth-order valence-electron chi connectivity index (χ4n) is 2.35.